The molecule has 0 aromatic heterocycles. The fraction of sp³-hybridized carbons (Fsp3) is 0.400. The summed E-state index contributed by atoms with van der Waals surface area (Å²) in [6.45, 7) is 5.53. The van der Waals surface area contributed by atoms with Crippen molar-refractivity contribution in [3.8, 4) is 0 Å². The highest BCUT2D eigenvalue weighted by Crippen LogP contribution is 2.35. The van der Waals surface area contributed by atoms with Gasteiger partial charge in [-0.1, -0.05) is 0 Å². The van der Waals surface area contributed by atoms with Gasteiger partial charge in [-0.3, -0.25) is 10.1 Å². The third-order valence-corrected chi connectivity index (χ3v) is 2.32. The van der Waals surface area contributed by atoms with E-state index in [4.69, 9.17) is 0 Å². The molecule has 1 rings (SSSR count). The van der Waals surface area contributed by atoms with E-state index in [9.17, 15) is 14.5 Å². The molecule has 0 saturated heterocycles. The van der Waals surface area contributed by atoms with Crippen LogP contribution in [0.25, 0.3) is 0 Å². The summed E-state index contributed by atoms with van der Waals surface area (Å²) >= 11 is 2.98. The van der Waals surface area contributed by atoms with Gasteiger partial charge in [0.15, 0.2) is 0 Å². The zero-order chi connectivity index (χ0) is 12.5. The SMILES string of the molecule is CC(C)(C)Nc1cc(F)cc(Br)c1[N+](=O)[O-]. The van der Waals surface area contributed by atoms with E-state index in [1.165, 1.54) is 0 Å². The Morgan fingerprint density at radius 2 is 2.00 bits per heavy atom. The third-order valence-electron chi connectivity index (χ3n) is 1.72. The van der Waals surface area contributed by atoms with Crippen molar-refractivity contribution in [3.05, 3.63) is 32.5 Å². The summed E-state index contributed by atoms with van der Waals surface area (Å²) < 4.78 is 13.3. The van der Waals surface area contributed by atoms with E-state index in [-0.39, 0.29) is 21.4 Å². The molecule has 0 aliphatic rings. The number of nitrogens with one attached hydrogen (secondary N) is 1. The summed E-state index contributed by atoms with van der Waals surface area (Å²) in [5.74, 6) is -0.524. The van der Waals surface area contributed by atoms with Crippen LogP contribution in [-0.4, -0.2) is 10.5 Å². The lowest BCUT2D eigenvalue weighted by Gasteiger charge is -2.22. The average molecular weight is 291 g/mol. The number of hydrogen-bond acceptors (Lipinski definition) is 3. The number of rotatable bonds is 2. The van der Waals surface area contributed by atoms with Gasteiger partial charge in [0.25, 0.3) is 0 Å². The highest BCUT2D eigenvalue weighted by atomic mass is 79.9. The number of nitro benzene ring substituents is 1. The van der Waals surface area contributed by atoms with Crippen molar-refractivity contribution in [2.45, 2.75) is 26.3 Å². The minimum atomic E-state index is -0.544. The minimum Gasteiger partial charge on any atom is -0.375 e. The van der Waals surface area contributed by atoms with Gasteiger partial charge in [0, 0.05) is 11.6 Å². The van der Waals surface area contributed by atoms with E-state index in [2.05, 4.69) is 21.2 Å². The van der Waals surface area contributed by atoms with Crippen LogP contribution in [0.2, 0.25) is 0 Å². The van der Waals surface area contributed by atoms with Gasteiger partial charge in [0.05, 0.1) is 4.92 Å². The van der Waals surface area contributed by atoms with Crippen molar-refractivity contribution >= 4 is 27.3 Å². The molecule has 0 fully saturated rings. The lowest BCUT2D eigenvalue weighted by Crippen LogP contribution is -2.26. The van der Waals surface area contributed by atoms with Crippen LogP contribution >= 0.6 is 15.9 Å². The van der Waals surface area contributed by atoms with Crippen molar-refractivity contribution in [1.29, 1.82) is 0 Å². The molecule has 0 bridgehead atoms. The van der Waals surface area contributed by atoms with E-state index in [0.29, 0.717) is 0 Å². The van der Waals surface area contributed by atoms with Crippen molar-refractivity contribution in [3.63, 3.8) is 0 Å². The third kappa shape index (κ3) is 3.16. The fourth-order valence-corrected chi connectivity index (χ4v) is 1.83. The Morgan fingerprint density at radius 1 is 1.44 bits per heavy atom. The summed E-state index contributed by atoms with van der Waals surface area (Å²) in [4.78, 5) is 10.3. The second-order valence-electron chi connectivity index (χ2n) is 4.42. The molecule has 88 valence electrons. The Bertz CT molecular complexity index is 430. The molecule has 0 heterocycles. The molecule has 0 spiro atoms. The monoisotopic (exact) mass is 290 g/mol. The van der Waals surface area contributed by atoms with E-state index in [1.54, 1.807) is 0 Å². The number of nitro groups is 1. The highest BCUT2D eigenvalue weighted by molar-refractivity contribution is 9.10. The Balaban J connectivity index is 3.30. The summed E-state index contributed by atoms with van der Waals surface area (Å²) in [5, 5.41) is 13.8. The summed E-state index contributed by atoms with van der Waals surface area (Å²) in [6.07, 6.45) is 0. The van der Waals surface area contributed by atoms with Crippen LogP contribution in [0, 0.1) is 15.9 Å². The Labute approximate surface area is 101 Å². The maximum atomic E-state index is 13.2. The predicted octanol–water partition coefficient (Wildman–Crippen LogP) is 3.71. The first-order valence-electron chi connectivity index (χ1n) is 4.62. The van der Waals surface area contributed by atoms with Gasteiger partial charge < -0.3 is 5.32 Å². The molecule has 6 heteroatoms. The minimum absolute atomic E-state index is 0.129. The Kier molecular flexibility index (Phi) is 3.52. The first kappa shape index (κ1) is 12.9. The lowest BCUT2D eigenvalue weighted by atomic mass is 10.1. The van der Waals surface area contributed by atoms with E-state index in [1.807, 2.05) is 20.8 Å². The molecular formula is C10H12BrFN2O2. The molecule has 1 N–H and O–H groups in total. The van der Waals surface area contributed by atoms with Crippen LogP contribution in [0.5, 0.6) is 0 Å². The van der Waals surface area contributed by atoms with Gasteiger partial charge in [-0.2, -0.15) is 0 Å². The lowest BCUT2D eigenvalue weighted by molar-refractivity contribution is -0.384. The molecular weight excluding hydrogens is 279 g/mol. The molecule has 1 aromatic rings. The van der Waals surface area contributed by atoms with Gasteiger partial charge in [0.2, 0.25) is 0 Å². The van der Waals surface area contributed by atoms with Crippen LogP contribution in [-0.2, 0) is 0 Å². The molecule has 0 unspecified atom stereocenters. The maximum Gasteiger partial charge on any atom is 0.306 e. The normalized spacial score (nSPS) is 11.3. The quantitative estimate of drug-likeness (QED) is 0.667. The van der Waals surface area contributed by atoms with Crippen molar-refractivity contribution in [1.82, 2.24) is 0 Å². The second kappa shape index (κ2) is 4.37. The van der Waals surface area contributed by atoms with Gasteiger partial charge in [-0.25, -0.2) is 4.39 Å². The van der Waals surface area contributed by atoms with Crippen LogP contribution in [0.1, 0.15) is 20.8 Å². The van der Waals surface area contributed by atoms with Crippen LogP contribution in [0.3, 0.4) is 0 Å². The average Bonchev–Trinajstić information content (AvgIpc) is 1.96. The van der Waals surface area contributed by atoms with Gasteiger partial charge in [-0.05, 0) is 42.8 Å². The molecule has 4 nitrogen and oxygen atoms in total. The topological polar surface area (TPSA) is 55.2 Å². The zero-order valence-corrected chi connectivity index (χ0v) is 10.8. The molecule has 0 atom stereocenters. The molecule has 0 amide bonds. The van der Waals surface area contributed by atoms with Gasteiger partial charge in [0.1, 0.15) is 16.0 Å². The summed E-state index contributed by atoms with van der Waals surface area (Å²) in [5.41, 5.74) is -0.362. The predicted molar refractivity (Wildman–Crippen MR) is 64.1 cm³/mol. The summed E-state index contributed by atoms with van der Waals surface area (Å²) in [7, 11) is 0. The number of halogens is 2. The van der Waals surface area contributed by atoms with E-state index < -0.39 is 10.7 Å². The van der Waals surface area contributed by atoms with Crippen LogP contribution < -0.4 is 5.32 Å². The maximum absolute atomic E-state index is 13.2. The first-order chi connectivity index (χ1) is 7.20. The molecule has 16 heavy (non-hydrogen) atoms. The molecule has 0 aliphatic carbocycles. The van der Waals surface area contributed by atoms with Gasteiger partial charge in [-0.15, -0.1) is 0 Å². The van der Waals surface area contributed by atoms with E-state index >= 15 is 0 Å². The second-order valence-corrected chi connectivity index (χ2v) is 5.27. The number of anilines is 1. The van der Waals surface area contributed by atoms with Crippen LogP contribution in [0.4, 0.5) is 15.8 Å². The van der Waals surface area contributed by atoms with Crippen molar-refractivity contribution in [2.24, 2.45) is 0 Å². The Hall–Kier alpha value is -1.17. The van der Waals surface area contributed by atoms with Crippen molar-refractivity contribution in [2.75, 3.05) is 5.32 Å². The first-order valence-corrected chi connectivity index (χ1v) is 5.41. The largest absolute Gasteiger partial charge is 0.375 e. The zero-order valence-electron chi connectivity index (χ0n) is 9.17. The molecule has 1 aromatic carbocycles. The molecule has 0 saturated carbocycles. The summed E-state index contributed by atoms with van der Waals surface area (Å²) in [6, 6.07) is 2.19. The van der Waals surface area contributed by atoms with E-state index in [0.717, 1.165) is 12.1 Å². The molecule has 0 aliphatic heterocycles. The Morgan fingerprint density at radius 3 is 2.44 bits per heavy atom. The van der Waals surface area contributed by atoms with Crippen LogP contribution in [0.15, 0.2) is 16.6 Å². The fourth-order valence-electron chi connectivity index (χ4n) is 1.25. The highest BCUT2D eigenvalue weighted by Gasteiger charge is 2.23. The smallest absolute Gasteiger partial charge is 0.306 e. The number of hydrogen-bond donors (Lipinski definition) is 1. The number of benzene rings is 1. The van der Waals surface area contributed by atoms with Gasteiger partial charge >= 0.3 is 5.69 Å². The standard InChI is InChI=1S/C10H12BrFN2O2/c1-10(2,3)13-8-5-6(12)4-7(11)9(8)14(15)16/h4-5,13H,1-3H3. The van der Waals surface area contributed by atoms with Crippen molar-refractivity contribution < 1.29 is 9.31 Å². The number of nitrogens with zero attached hydrogens (tertiary/aromatic N) is 1. The molecule has 0 radical (unpaired) electrons.